The Balaban J connectivity index is 0.000000212. The Kier molecular flexibility index (Phi) is 20.8. The van der Waals surface area contributed by atoms with Gasteiger partial charge in [0.25, 0.3) is 0 Å². The minimum atomic E-state index is -2.35. The number of carbonyl (C=O) groups is 6. The number of aliphatic hydroxyl groups excluding tert-OH is 3. The number of rotatable bonds is 15. The summed E-state index contributed by atoms with van der Waals surface area (Å²) in [6, 6.07) is 30.4. The third-order valence-electron chi connectivity index (χ3n) is 21.7. The minimum absolute atomic E-state index is 0.0637. The third kappa shape index (κ3) is 13.7. The number of likely N-dealkylation sites (N-methyl/N-ethyl adjacent to an activating group) is 1. The van der Waals surface area contributed by atoms with Crippen molar-refractivity contribution in [2.75, 3.05) is 62.8 Å². The molecule has 2 amide bonds. The van der Waals surface area contributed by atoms with E-state index in [1.54, 1.807) is 88.0 Å². The molecule has 0 spiro atoms. The van der Waals surface area contributed by atoms with Crippen LogP contribution < -0.4 is 19.9 Å². The van der Waals surface area contributed by atoms with Gasteiger partial charge in [0.2, 0.25) is 5.91 Å². The van der Waals surface area contributed by atoms with Crippen molar-refractivity contribution >= 4 is 58.0 Å². The molecule has 0 radical (unpaired) electrons. The van der Waals surface area contributed by atoms with Crippen LogP contribution in [0.5, 0.6) is 6.01 Å². The highest BCUT2D eigenvalue weighted by Gasteiger charge is 2.78. The molecule has 13 unspecified atom stereocenters. The van der Waals surface area contributed by atoms with E-state index < -0.39 is 112 Å². The second-order valence-corrected chi connectivity index (χ2v) is 29.2. The topological polar surface area (TPSA) is 313 Å². The Hall–Kier alpha value is -8.83. The van der Waals surface area contributed by atoms with Crippen LogP contribution in [-0.2, 0) is 55.8 Å². The lowest BCUT2D eigenvalue weighted by atomic mass is 9.44. The number of anilines is 2. The Bertz CT molecular complexity index is 4020. The number of aliphatic hydroxyl groups is 4. The Labute approximate surface area is 582 Å². The van der Waals surface area contributed by atoms with Crippen molar-refractivity contribution in [1.29, 1.82) is 5.26 Å². The number of carbonyl (C=O) groups excluding carboxylic acids is 6. The Morgan fingerprint density at radius 3 is 2.24 bits per heavy atom. The summed E-state index contributed by atoms with van der Waals surface area (Å²) < 4.78 is 35.8. The molecule has 4 aromatic carbocycles. The van der Waals surface area contributed by atoms with Gasteiger partial charge in [-0.3, -0.25) is 14.4 Å². The highest BCUT2D eigenvalue weighted by Crippen LogP contribution is 2.64. The van der Waals surface area contributed by atoms with Gasteiger partial charge in [0.1, 0.15) is 48.0 Å². The summed E-state index contributed by atoms with van der Waals surface area (Å²) in [6.07, 6.45) is -6.81. The van der Waals surface area contributed by atoms with E-state index in [9.17, 15) is 54.5 Å². The van der Waals surface area contributed by atoms with E-state index in [4.69, 9.17) is 38.4 Å². The molecule has 4 aliphatic heterocycles. The third-order valence-corrected chi connectivity index (χ3v) is 21.7. The van der Waals surface area contributed by atoms with Crippen LogP contribution in [0, 0.1) is 35.0 Å². The standard InChI is InChI=1S/C43H53NO14.C33H39N7O2/c1-22-26(55-37(51)32(48)30(24-15-11-9-12-16-24)44-38(52)58-39(3,4)5)20-43(53)35(56-36(50)25-17-13-10-14-18-25)33-41(8,34(49)31(47)29(22)40(43,6)7)27(46)19-28-42(33,21-54-28)57-23(2)45;1-4-30(41)40-19-18-39(20-25(40)13-15-34)32-27-14-17-38(29-12-6-10-24-9-5-8-23(2)31(24)29)21-28(27)35-33(36-32)42-22-26-11-7-16-37(26)3/h9-18,26-28,30-33,35,46-48,53H,19-21H2,1-8H3,(H,44,52);4-6,8-10,12,25-26H,1,7,11,13-14,16-22H2,2-3H3. The molecule has 5 heterocycles. The first-order chi connectivity index (χ1) is 47.5. The average molecular weight is 1370 g/mol. The molecule has 1 aromatic heterocycles. The lowest BCUT2D eigenvalue weighted by Crippen LogP contribution is -2.81. The molecular formula is C76H92N8O16. The molecule has 5 N–H and O–H groups in total. The van der Waals surface area contributed by atoms with Crippen LogP contribution in [0.1, 0.15) is 126 Å². The number of nitrogens with zero attached hydrogens (tertiary/aromatic N) is 7. The van der Waals surface area contributed by atoms with Gasteiger partial charge in [-0.05, 0) is 126 Å². The maximum Gasteiger partial charge on any atom is 0.408 e. The second-order valence-electron chi connectivity index (χ2n) is 29.2. The first-order valence-electron chi connectivity index (χ1n) is 34.3. The molecule has 24 heteroatoms. The Morgan fingerprint density at radius 2 is 1.60 bits per heavy atom. The van der Waals surface area contributed by atoms with E-state index in [-0.39, 0.29) is 48.1 Å². The number of hydrogen-bond acceptors (Lipinski definition) is 22. The Morgan fingerprint density at radius 1 is 0.900 bits per heavy atom. The number of hydrogen-bond donors (Lipinski definition) is 5. The number of ketones is 1. The van der Waals surface area contributed by atoms with E-state index in [0.29, 0.717) is 50.4 Å². The number of fused-ring (bicyclic) bond motifs is 7. The zero-order valence-corrected chi connectivity index (χ0v) is 58.5. The van der Waals surface area contributed by atoms with E-state index in [1.807, 2.05) is 0 Å². The number of nitriles is 1. The predicted molar refractivity (Wildman–Crippen MR) is 368 cm³/mol. The number of ether oxygens (including phenoxy) is 6. The van der Waals surface area contributed by atoms with Crippen molar-refractivity contribution < 1.29 is 77.6 Å². The van der Waals surface area contributed by atoms with Crippen molar-refractivity contribution in [3.63, 3.8) is 0 Å². The average Bonchev–Trinajstić information content (AvgIpc) is 0.840. The number of likely N-dealkylation sites (tertiary alicyclic amines) is 1. The number of aromatic nitrogens is 2. The normalized spacial score (nSPS) is 28.3. The van der Waals surface area contributed by atoms with Crippen molar-refractivity contribution in [2.45, 2.75) is 179 Å². The van der Waals surface area contributed by atoms with Gasteiger partial charge in [-0.1, -0.05) is 99.3 Å². The van der Waals surface area contributed by atoms with Gasteiger partial charge in [-0.15, -0.1) is 0 Å². The summed E-state index contributed by atoms with van der Waals surface area (Å²) in [5.41, 5.74) is -3.54. The monoisotopic (exact) mass is 1370 g/mol. The van der Waals surface area contributed by atoms with E-state index in [0.717, 1.165) is 49.9 Å². The molecule has 7 aliphatic rings. The van der Waals surface area contributed by atoms with Crippen LogP contribution in [0.25, 0.3) is 10.8 Å². The molecule has 3 saturated heterocycles. The highest BCUT2D eigenvalue weighted by molar-refractivity contribution is 5.97. The van der Waals surface area contributed by atoms with E-state index >= 15 is 0 Å². The van der Waals surface area contributed by atoms with Crippen LogP contribution >= 0.6 is 0 Å². The maximum absolute atomic E-state index is 14.9. The molecule has 532 valence electrons. The molecule has 24 nitrogen and oxygen atoms in total. The fraction of sp³-hybridized carbons (Fsp3) is 0.513. The van der Waals surface area contributed by atoms with Crippen LogP contribution in [-0.4, -0.2) is 194 Å². The molecule has 3 aliphatic carbocycles. The van der Waals surface area contributed by atoms with Crippen molar-refractivity contribution in [1.82, 2.24) is 25.1 Å². The lowest BCUT2D eigenvalue weighted by Gasteiger charge is -2.67. The van der Waals surface area contributed by atoms with Crippen molar-refractivity contribution in [3.05, 3.63) is 149 Å². The number of piperazine rings is 1. The summed E-state index contributed by atoms with van der Waals surface area (Å²) in [7, 11) is 2.14. The first kappa shape index (κ1) is 72.4. The van der Waals surface area contributed by atoms with Crippen LogP contribution in [0.3, 0.4) is 0 Å². The summed E-state index contributed by atoms with van der Waals surface area (Å²) in [5, 5.41) is 63.6. The first-order valence-corrected chi connectivity index (χ1v) is 34.3. The van der Waals surface area contributed by atoms with Crippen molar-refractivity contribution in [2.24, 2.45) is 16.7 Å². The SMILES string of the molecule is C=CC(=O)N1CCN(c2nc(OCC3CCCN3C)nc3c2CCN(c2cccc4cccc(C)c24)C3)CC1CC#N.CC(=O)OC12COC1CC(O)C1(C)C(=O)C(O)C3=C(C)C(OC(=O)C(O)C(NC(=O)OC(C)(C)C)c4ccccc4)CC(O)(C(OC(=O)c4ccccc4)C21)C3(C)C. The quantitative estimate of drug-likeness (QED) is 0.0296. The van der Waals surface area contributed by atoms with Gasteiger partial charge < -0.3 is 73.8 Å². The zero-order valence-electron chi connectivity index (χ0n) is 58.5. The highest BCUT2D eigenvalue weighted by atomic mass is 16.6. The second kappa shape index (κ2) is 28.7. The fourth-order valence-corrected chi connectivity index (χ4v) is 16.3. The van der Waals surface area contributed by atoms with Gasteiger partial charge in [-0.25, -0.2) is 14.4 Å². The van der Waals surface area contributed by atoms with E-state index in [2.05, 4.69) is 83.0 Å². The van der Waals surface area contributed by atoms with Gasteiger partial charge in [0, 0.05) is 74.0 Å². The summed E-state index contributed by atoms with van der Waals surface area (Å²) >= 11 is 0. The van der Waals surface area contributed by atoms with Gasteiger partial charge >= 0.3 is 30.0 Å². The molecule has 5 fully saturated rings. The van der Waals surface area contributed by atoms with Crippen LogP contribution in [0.2, 0.25) is 0 Å². The minimum Gasteiger partial charge on any atom is -0.462 e. The number of benzene rings is 4. The summed E-state index contributed by atoms with van der Waals surface area (Å²) in [4.78, 5) is 100. The fourth-order valence-electron chi connectivity index (χ4n) is 16.3. The van der Waals surface area contributed by atoms with Gasteiger partial charge in [0.05, 0.1) is 66.4 Å². The molecular weight excluding hydrogens is 1280 g/mol. The number of nitrogens with one attached hydrogen (secondary N) is 1. The lowest BCUT2D eigenvalue weighted by molar-refractivity contribution is -0.346. The van der Waals surface area contributed by atoms with Gasteiger partial charge in [-0.2, -0.15) is 15.2 Å². The number of Topliss-reactive ketones (excluding diaryl/α,β-unsaturated/α-hetero) is 1. The smallest absolute Gasteiger partial charge is 0.408 e. The van der Waals surface area contributed by atoms with Crippen LogP contribution in [0.4, 0.5) is 16.3 Å². The molecule has 2 saturated carbocycles. The van der Waals surface area contributed by atoms with E-state index in [1.165, 1.54) is 60.5 Å². The van der Waals surface area contributed by atoms with Crippen LogP contribution in [0.15, 0.2) is 121 Å². The number of aryl methyl sites for hydroxylation is 1. The molecule has 2 bridgehead atoms. The molecule has 13 atom stereocenters. The molecule has 5 aromatic rings. The number of amides is 2. The molecule has 100 heavy (non-hydrogen) atoms. The maximum atomic E-state index is 14.9. The number of alkyl carbamates (subject to hydrolysis) is 1. The molecule has 12 rings (SSSR count). The predicted octanol–water partition coefficient (Wildman–Crippen LogP) is 7.35. The zero-order chi connectivity index (χ0) is 72.0. The van der Waals surface area contributed by atoms with Gasteiger partial charge in [0.15, 0.2) is 17.5 Å². The number of esters is 3. The summed E-state index contributed by atoms with van der Waals surface area (Å²) in [5.74, 6) is -4.63. The summed E-state index contributed by atoms with van der Waals surface area (Å²) in [6.45, 7) is 22.4. The van der Waals surface area contributed by atoms with Crippen molar-refractivity contribution in [3.8, 4) is 12.1 Å². The largest absolute Gasteiger partial charge is 0.462 e.